The highest BCUT2D eigenvalue weighted by atomic mass is 32.2. The molecule has 0 unspecified atom stereocenters. The third-order valence-electron chi connectivity index (χ3n) is 4.66. The molecular weight excluding hydrogens is 388 g/mol. The fourth-order valence-corrected chi connectivity index (χ4v) is 4.04. The maximum absolute atomic E-state index is 12.5. The summed E-state index contributed by atoms with van der Waals surface area (Å²) in [6, 6.07) is 6.53. The molecule has 0 bridgehead atoms. The molecule has 1 saturated carbocycles. The SMILES string of the molecule is O=C(CSc1nnc(N2CCCC2)n1C1CC1)Nc1ccccc1OC(F)F. The lowest BCUT2D eigenvalue weighted by Crippen LogP contribution is -2.22. The van der Waals surface area contributed by atoms with Crippen LogP contribution in [0.4, 0.5) is 20.4 Å². The standard InChI is InChI=1S/C18H21F2N5O2S/c19-16(20)27-14-6-2-1-5-13(14)21-15(26)11-28-18-23-22-17(24-9-3-4-10-24)25(18)12-7-8-12/h1-2,5-6,12,16H,3-4,7-11H2,(H,21,26). The Bertz CT molecular complexity index is 837. The van der Waals surface area contributed by atoms with Gasteiger partial charge in [0.15, 0.2) is 5.16 Å². The van der Waals surface area contributed by atoms with Gasteiger partial charge in [-0.25, -0.2) is 0 Å². The minimum absolute atomic E-state index is 0.0617. The Morgan fingerprint density at radius 1 is 1.25 bits per heavy atom. The lowest BCUT2D eigenvalue weighted by atomic mass is 10.3. The van der Waals surface area contributed by atoms with Gasteiger partial charge in [0.1, 0.15) is 5.75 Å². The van der Waals surface area contributed by atoms with Gasteiger partial charge >= 0.3 is 6.61 Å². The summed E-state index contributed by atoms with van der Waals surface area (Å²) in [5.41, 5.74) is 0.217. The molecule has 0 atom stereocenters. The summed E-state index contributed by atoms with van der Waals surface area (Å²) in [5.74, 6) is 0.615. The number of hydrogen-bond donors (Lipinski definition) is 1. The maximum Gasteiger partial charge on any atom is 0.387 e. The van der Waals surface area contributed by atoms with Gasteiger partial charge in [0.05, 0.1) is 11.4 Å². The van der Waals surface area contributed by atoms with Crippen molar-refractivity contribution in [2.45, 2.75) is 43.5 Å². The number of hydrogen-bond acceptors (Lipinski definition) is 6. The van der Waals surface area contributed by atoms with Crippen LogP contribution in [0.1, 0.15) is 31.7 Å². The predicted octanol–water partition coefficient (Wildman–Crippen LogP) is 3.55. The molecule has 1 aliphatic carbocycles. The molecule has 150 valence electrons. The number of nitrogens with zero attached hydrogens (tertiary/aromatic N) is 4. The Morgan fingerprint density at radius 2 is 2.00 bits per heavy atom. The summed E-state index contributed by atoms with van der Waals surface area (Å²) >= 11 is 1.30. The zero-order chi connectivity index (χ0) is 19.5. The molecule has 10 heteroatoms. The minimum Gasteiger partial charge on any atom is -0.433 e. The Kier molecular flexibility index (Phi) is 5.65. The van der Waals surface area contributed by atoms with Gasteiger partial charge in [-0.3, -0.25) is 9.36 Å². The molecule has 1 N–H and O–H groups in total. The highest BCUT2D eigenvalue weighted by Crippen LogP contribution is 2.41. The number of amides is 1. The molecule has 2 heterocycles. The molecular formula is C18H21F2N5O2S. The van der Waals surface area contributed by atoms with Crippen molar-refractivity contribution in [1.29, 1.82) is 0 Å². The van der Waals surface area contributed by atoms with Crippen molar-refractivity contribution in [2.75, 3.05) is 29.1 Å². The first-order valence-electron chi connectivity index (χ1n) is 9.28. The summed E-state index contributed by atoms with van der Waals surface area (Å²) in [6.07, 6.45) is 4.50. The smallest absolute Gasteiger partial charge is 0.387 e. The molecule has 7 nitrogen and oxygen atoms in total. The van der Waals surface area contributed by atoms with Crippen LogP contribution in [0, 0.1) is 0 Å². The van der Waals surface area contributed by atoms with Crippen LogP contribution >= 0.6 is 11.8 Å². The van der Waals surface area contributed by atoms with Gasteiger partial charge < -0.3 is 15.0 Å². The average Bonchev–Trinajstić information content (AvgIpc) is 3.18. The van der Waals surface area contributed by atoms with E-state index >= 15 is 0 Å². The highest BCUT2D eigenvalue weighted by Gasteiger charge is 2.32. The van der Waals surface area contributed by atoms with Gasteiger partial charge in [0.25, 0.3) is 0 Å². The maximum atomic E-state index is 12.5. The second-order valence-electron chi connectivity index (χ2n) is 6.79. The van der Waals surface area contributed by atoms with E-state index in [4.69, 9.17) is 0 Å². The number of alkyl halides is 2. The number of halogens is 2. The molecule has 2 aliphatic rings. The zero-order valence-electron chi connectivity index (χ0n) is 15.2. The van der Waals surface area contributed by atoms with Gasteiger partial charge in [-0.05, 0) is 37.8 Å². The van der Waals surface area contributed by atoms with Gasteiger partial charge in [-0.2, -0.15) is 8.78 Å². The lowest BCUT2D eigenvalue weighted by Gasteiger charge is -2.18. The van der Waals surface area contributed by atoms with Crippen molar-refractivity contribution in [2.24, 2.45) is 0 Å². The molecule has 28 heavy (non-hydrogen) atoms. The van der Waals surface area contributed by atoms with E-state index < -0.39 is 6.61 Å². The molecule has 1 amide bonds. The van der Waals surface area contributed by atoms with Crippen LogP contribution in [0.25, 0.3) is 0 Å². The summed E-state index contributed by atoms with van der Waals surface area (Å²) < 4.78 is 31.6. The molecule has 0 radical (unpaired) electrons. The van der Waals surface area contributed by atoms with E-state index in [0.717, 1.165) is 49.9 Å². The number of nitrogens with one attached hydrogen (secondary N) is 1. The minimum atomic E-state index is -2.95. The normalized spacial score (nSPS) is 16.6. The van der Waals surface area contributed by atoms with Crippen molar-refractivity contribution in [3.8, 4) is 5.75 Å². The Morgan fingerprint density at radius 3 is 2.71 bits per heavy atom. The van der Waals surface area contributed by atoms with Crippen molar-refractivity contribution in [3.63, 3.8) is 0 Å². The molecule has 0 spiro atoms. The number of rotatable bonds is 8. The largest absolute Gasteiger partial charge is 0.433 e. The number of ether oxygens (including phenoxy) is 1. The van der Waals surface area contributed by atoms with Gasteiger partial charge in [0.2, 0.25) is 11.9 Å². The van der Waals surface area contributed by atoms with E-state index in [9.17, 15) is 13.6 Å². The first-order valence-corrected chi connectivity index (χ1v) is 10.3. The summed E-state index contributed by atoms with van der Waals surface area (Å²) in [4.78, 5) is 14.6. The van der Waals surface area contributed by atoms with Crippen LogP contribution in [-0.4, -0.2) is 46.1 Å². The fourth-order valence-electron chi connectivity index (χ4n) is 3.24. The molecule has 1 saturated heterocycles. The third-order valence-corrected chi connectivity index (χ3v) is 5.60. The first kappa shape index (κ1) is 19.0. The molecule has 2 aromatic rings. The van der Waals surface area contributed by atoms with E-state index in [0.29, 0.717) is 6.04 Å². The van der Waals surface area contributed by atoms with E-state index in [2.05, 4.69) is 29.7 Å². The van der Waals surface area contributed by atoms with Crippen molar-refractivity contribution >= 4 is 29.3 Å². The number of thioether (sulfide) groups is 1. The quantitative estimate of drug-likeness (QED) is 0.673. The van der Waals surface area contributed by atoms with Crippen molar-refractivity contribution in [3.05, 3.63) is 24.3 Å². The van der Waals surface area contributed by atoms with Crippen LogP contribution in [0.2, 0.25) is 0 Å². The van der Waals surface area contributed by atoms with Crippen LogP contribution in [0.15, 0.2) is 29.4 Å². The van der Waals surface area contributed by atoms with E-state index in [-0.39, 0.29) is 23.1 Å². The molecule has 4 rings (SSSR count). The first-order chi connectivity index (χ1) is 13.6. The van der Waals surface area contributed by atoms with E-state index in [1.165, 1.54) is 23.9 Å². The van der Waals surface area contributed by atoms with Crippen LogP contribution in [0.5, 0.6) is 5.75 Å². The second kappa shape index (κ2) is 8.34. The van der Waals surface area contributed by atoms with Crippen LogP contribution in [-0.2, 0) is 4.79 Å². The van der Waals surface area contributed by atoms with Crippen molar-refractivity contribution < 1.29 is 18.3 Å². The van der Waals surface area contributed by atoms with Gasteiger partial charge in [-0.15, -0.1) is 10.2 Å². The van der Waals surface area contributed by atoms with Crippen LogP contribution in [0.3, 0.4) is 0 Å². The van der Waals surface area contributed by atoms with Crippen molar-refractivity contribution in [1.82, 2.24) is 14.8 Å². The monoisotopic (exact) mass is 409 g/mol. The van der Waals surface area contributed by atoms with E-state index in [1.807, 2.05) is 0 Å². The Labute approximate surface area is 165 Å². The number of carbonyl (C=O) groups is 1. The van der Waals surface area contributed by atoms with Gasteiger partial charge in [0, 0.05) is 19.1 Å². The number of anilines is 2. The number of carbonyl (C=O) groups excluding carboxylic acids is 1. The number of aromatic nitrogens is 3. The fraction of sp³-hybridized carbons (Fsp3) is 0.500. The predicted molar refractivity (Wildman–Crippen MR) is 102 cm³/mol. The number of benzene rings is 1. The number of para-hydroxylation sites is 2. The molecule has 1 aliphatic heterocycles. The van der Waals surface area contributed by atoms with Crippen LogP contribution < -0.4 is 15.0 Å². The summed E-state index contributed by atoms with van der Waals surface area (Å²) in [5, 5.41) is 12.0. The average molecular weight is 409 g/mol. The van der Waals surface area contributed by atoms with E-state index in [1.54, 1.807) is 12.1 Å². The van der Waals surface area contributed by atoms with Gasteiger partial charge in [-0.1, -0.05) is 23.9 Å². The topological polar surface area (TPSA) is 72.3 Å². The summed E-state index contributed by atoms with van der Waals surface area (Å²) in [7, 11) is 0. The highest BCUT2D eigenvalue weighted by molar-refractivity contribution is 7.99. The second-order valence-corrected chi connectivity index (χ2v) is 7.73. The third kappa shape index (κ3) is 4.37. The lowest BCUT2D eigenvalue weighted by molar-refractivity contribution is -0.113. The summed E-state index contributed by atoms with van der Waals surface area (Å²) in [6.45, 7) is -0.984. The molecule has 2 fully saturated rings. The molecule has 1 aromatic carbocycles. The molecule has 1 aromatic heterocycles. The Hall–Kier alpha value is -2.36. The zero-order valence-corrected chi connectivity index (χ0v) is 16.0. The Balaban J connectivity index is 1.40.